The minimum Gasteiger partial charge on any atom is -0.870 e. The molecule has 26 nitrogen and oxygen atoms in total. The number of ether oxygens (including phenoxy) is 12. The maximum atomic E-state index is 14.5. The molecule has 118 heavy (non-hydrogen) atoms. The van der Waals surface area contributed by atoms with E-state index >= 15 is 0 Å². The smallest absolute Gasteiger partial charge is 0.870 e. The van der Waals surface area contributed by atoms with E-state index in [-0.39, 0.29) is 190 Å². The second kappa shape index (κ2) is 44.7. The summed E-state index contributed by atoms with van der Waals surface area (Å²) in [6, 6.07) is 0. The second-order valence-electron chi connectivity index (χ2n) is 37.1. The first-order valence-electron chi connectivity index (χ1n) is 43.7. The van der Waals surface area contributed by atoms with Gasteiger partial charge in [0.25, 0.3) is 0 Å². The summed E-state index contributed by atoms with van der Waals surface area (Å²) in [4.78, 5) is 84.2. The Kier molecular flexibility index (Phi) is 41.1. The first-order chi connectivity index (χ1) is 53.4. The molecule has 0 unspecified atom stereocenters. The van der Waals surface area contributed by atoms with Gasteiger partial charge in [-0.3, -0.25) is 36.5 Å². The molecule has 36 atom stereocenters. The van der Waals surface area contributed by atoms with Gasteiger partial charge in [-0.25, -0.2) is 0 Å². The summed E-state index contributed by atoms with van der Waals surface area (Å²) in [7, 11) is 0. The van der Waals surface area contributed by atoms with E-state index in [0.717, 1.165) is 32.1 Å². The van der Waals surface area contributed by atoms with Crippen molar-refractivity contribution in [2.75, 3.05) is 0 Å². The molecule has 0 saturated carbocycles. The van der Waals surface area contributed by atoms with Gasteiger partial charge in [-0.05, 0) is 178 Å². The number of hydrogen-bond donors (Lipinski definition) is 5. The van der Waals surface area contributed by atoms with Crippen molar-refractivity contribution < 1.29 is 186 Å². The third kappa shape index (κ3) is 23.3. The minimum absolute atomic E-state index is 0. The van der Waals surface area contributed by atoms with Crippen LogP contribution in [0.4, 0.5) is 0 Å². The fraction of sp³-hybridized carbons (Fsp3) is 0.878. The Morgan fingerprint density at radius 3 is 1.19 bits per heavy atom. The molecule has 28 heteroatoms. The number of carbonyl (C=O) groups is 5. The number of rotatable bonds is 25. The maximum absolute atomic E-state index is 14.5. The van der Waals surface area contributed by atoms with Crippen LogP contribution in [0.25, 0.3) is 0 Å². The molecular formula is C90H148Na2O26-2. The van der Waals surface area contributed by atoms with E-state index in [4.69, 9.17) is 52.1 Å². The van der Waals surface area contributed by atoms with Crippen LogP contribution in [0.1, 0.15) is 288 Å². The van der Waals surface area contributed by atoms with Gasteiger partial charge in [0.15, 0.2) is 17.7 Å². The number of carbonyl (C=O) groups excluding carboxylic acids is 7. The molecule has 10 rings (SSSR count). The molecular weight excluding hydrogens is 1540 g/mol. The number of esters is 3. The zero-order chi connectivity index (χ0) is 84.9. The molecule has 0 bridgehead atoms. The Bertz CT molecular complexity index is 3300. The Labute approximate surface area is 748 Å². The van der Waals surface area contributed by atoms with Crippen LogP contribution in [-0.4, -0.2) is 210 Å². The quantitative estimate of drug-likeness (QED) is 0.0207. The molecule has 7 N–H and O–H groups in total. The number of aliphatic hydroxyl groups is 5. The Hall–Kier alpha value is -1.91. The van der Waals surface area contributed by atoms with E-state index in [1.807, 2.05) is 108 Å². The average molecular weight is 1690 g/mol. The normalized spacial score (nSPS) is 42.0. The van der Waals surface area contributed by atoms with Gasteiger partial charge in [-0.1, -0.05) is 124 Å². The summed E-state index contributed by atoms with van der Waals surface area (Å²) in [6.07, 6.45) is 17.2. The monoisotopic (exact) mass is 1690 g/mol. The molecule has 10 aliphatic rings. The van der Waals surface area contributed by atoms with Crippen molar-refractivity contribution in [3.8, 4) is 0 Å². The largest absolute Gasteiger partial charge is 1.00 e. The summed E-state index contributed by atoms with van der Waals surface area (Å²) in [5.74, 6) is -10.4. The number of hydrogen-bond acceptors (Lipinski definition) is 26. The van der Waals surface area contributed by atoms with Crippen LogP contribution in [0.2, 0.25) is 0 Å². The first kappa shape index (κ1) is 108. The molecule has 0 aliphatic carbocycles. The van der Waals surface area contributed by atoms with Crippen molar-refractivity contribution in [2.45, 2.75) is 419 Å². The van der Waals surface area contributed by atoms with Gasteiger partial charge in [0.2, 0.25) is 11.6 Å². The van der Waals surface area contributed by atoms with Gasteiger partial charge < -0.3 is 103 Å². The molecule has 0 radical (unpaired) electrons. The number of Topliss-reactive ketones (excluding diaryl/α,β-unsaturated/α-hetero) is 2. The molecule has 0 aromatic heterocycles. The Balaban J connectivity index is 0.000000445. The molecule has 0 amide bonds. The molecule has 8 fully saturated rings. The van der Waals surface area contributed by atoms with Crippen molar-refractivity contribution in [2.24, 2.45) is 82.9 Å². The maximum Gasteiger partial charge on any atom is 1.00 e. The van der Waals surface area contributed by atoms with Crippen molar-refractivity contribution in [3.05, 3.63) is 24.3 Å². The predicted octanol–water partition coefficient (Wildman–Crippen LogP) is 6.75. The van der Waals surface area contributed by atoms with Crippen molar-refractivity contribution in [1.29, 1.82) is 0 Å². The van der Waals surface area contributed by atoms with Gasteiger partial charge in [0.05, 0.1) is 83.4 Å². The van der Waals surface area contributed by atoms with E-state index in [1.54, 1.807) is 13.0 Å². The van der Waals surface area contributed by atoms with E-state index in [1.165, 1.54) is 20.8 Å². The third-order valence-electron chi connectivity index (χ3n) is 29.1. The number of aliphatic hydroxyl groups excluding tert-OH is 3. The molecule has 0 aromatic carbocycles. The van der Waals surface area contributed by atoms with Crippen LogP contribution in [0, 0.1) is 82.9 Å². The van der Waals surface area contributed by atoms with Crippen LogP contribution in [0.3, 0.4) is 0 Å². The zero-order valence-electron chi connectivity index (χ0n) is 76.0. The van der Waals surface area contributed by atoms with E-state index < -0.39 is 124 Å². The SMILES string of the molecule is CC(=O)OC(C)=O.CC[C@@H]([C-]=O)[C@H]1CC[C@H](C)[C@H]([C@@H](C)[C@H](O)[C@H](C)C(=O)[C@H](CC)[C@H]2O[C@]3(C=C[C@@H](O)[C@]4(CC[C@@](C)([C@H]5CC[C@](O)(CC)[C@H](C)O5)O4)O3)[C@H](C)C[C@@H]2C)O1.CC[C@@H]([C-]=O)[C@H]1CC[C@H](C)[C@H]([C@@H](C)[C@H](O)[C@H](C)C(=O)[C@H](CC)[C@H]2O[C@]3(C=C[C@@H](OC(C)=O)[C@]4(CC[C@@](C)([C@H]5CC[C@](O)(CC)[C@H](C)O5)O4)O3)[C@H](C)C[C@@H]2C)O1.[Na+].[Na+].[OH-].[OH-]. The van der Waals surface area contributed by atoms with Gasteiger partial charge >= 0.3 is 77.0 Å². The molecule has 10 heterocycles. The van der Waals surface area contributed by atoms with E-state index in [9.17, 15) is 59.1 Å². The topological polar surface area (TPSA) is 391 Å². The summed E-state index contributed by atoms with van der Waals surface area (Å²) in [5.41, 5.74) is -3.29. The van der Waals surface area contributed by atoms with Gasteiger partial charge in [-0.2, -0.15) is 0 Å². The molecule has 668 valence electrons. The van der Waals surface area contributed by atoms with Crippen LogP contribution in [-0.2, 0) is 90.4 Å². The standard InChI is InChI=1S/C44H71O11.C42H69O10.C4H6O3.2Na.2H2O/c1-12-32(24-45)34-16-15-25(4)39(52-34)29(8)37(47)28(7)38(48)33(13-2)40-26(5)23-27(6)43(53-40)20-18-36(51-31(10)46)44(55-43)22-21-41(11,54-44)35-17-19-42(49,14-3)30(9)50-35;1-11-30(23-43)32-15-14-24(4)37(49-32)28(8)35(45)27(7)36(46)31(12-2)38-25(5)22-26(6)41(50-38)19-16-33(44)42(52-41)21-20-39(10,51-42)34-17-18-40(47,13-3)29(9)48-34;1-3(5)7-4(2)6;;;;/h18,20,25-30,32-37,39-40,47,49H,12-17,19,21-23H2,1-11H3;16,19,24-35,37-38,44-45,47H,11-15,17-18,20-22H2,1-10H3;1-2H3;;;2*1H2/q2*-1;;2*+1;;/p-2/t25-,26-,27+,28-,29-,30-,32-,33-,34+,35+,36+,37+,39+,40-,41-,42+,43-,44-;24-,25-,26+,27-,28-,29-,30-,31-,32+,33+,34+,35+,37+,38-,39-,40+,41-,42-;;;;;/m00...../s1. The Morgan fingerprint density at radius 1 is 0.483 bits per heavy atom. The summed E-state index contributed by atoms with van der Waals surface area (Å²) in [6.45, 7) is 43.5. The van der Waals surface area contributed by atoms with Gasteiger partial charge in [0, 0.05) is 93.2 Å². The number of ketones is 2. The summed E-state index contributed by atoms with van der Waals surface area (Å²) >= 11 is 0. The molecule has 10 aliphatic heterocycles. The van der Waals surface area contributed by atoms with Crippen molar-refractivity contribution >= 4 is 42.0 Å². The minimum atomic E-state index is -1.36. The fourth-order valence-electron chi connectivity index (χ4n) is 21.1. The van der Waals surface area contributed by atoms with E-state index in [2.05, 4.69) is 58.9 Å². The van der Waals surface area contributed by atoms with E-state index in [0.29, 0.717) is 96.3 Å². The fourth-order valence-corrected chi connectivity index (χ4v) is 21.1. The van der Waals surface area contributed by atoms with Crippen LogP contribution < -0.4 is 59.1 Å². The van der Waals surface area contributed by atoms with Crippen LogP contribution >= 0.6 is 0 Å². The van der Waals surface area contributed by atoms with Crippen LogP contribution in [0.5, 0.6) is 0 Å². The molecule has 4 spiro atoms. The summed E-state index contributed by atoms with van der Waals surface area (Å²) in [5, 5.41) is 57.0. The second-order valence-corrected chi connectivity index (χ2v) is 37.1. The average Bonchev–Trinajstić information content (AvgIpc) is 1.51. The van der Waals surface area contributed by atoms with Crippen molar-refractivity contribution in [3.63, 3.8) is 0 Å². The molecule has 8 saturated heterocycles. The zero-order valence-corrected chi connectivity index (χ0v) is 80.0. The Morgan fingerprint density at radius 2 is 0.856 bits per heavy atom. The van der Waals surface area contributed by atoms with Gasteiger partial charge in [0.1, 0.15) is 17.7 Å². The van der Waals surface area contributed by atoms with Crippen LogP contribution in [0.15, 0.2) is 24.3 Å². The first-order valence-corrected chi connectivity index (χ1v) is 43.7. The predicted molar refractivity (Wildman–Crippen MR) is 429 cm³/mol. The third-order valence-corrected chi connectivity index (χ3v) is 29.1. The molecule has 0 aromatic rings. The van der Waals surface area contributed by atoms with Gasteiger partial charge in [-0.15, -0.1) is 11.8 Å². The van der Waals surface area contributed by atoms with Crippen molar-refractivity contribution in [1.82, 2.24) is 0 Å². The summed E-state index contributed by atoms with van der Waals surface area (Å²) < 4.78 is 77.4.